The van der Waals surface area contributed by atoms with Gasteiger partial charge in [0.05, 0.1) is 6.61 Å². The minimum Gasteiger partial charge on any atom is -0.492 e. The summed E-state index contributed by atoms with van der Waals surface area (Å²) in [5.41, 5.74) is 1.47. The summed E-state index contributed by atoms with van der Waals surface area (Å²) in [6.07, 6.45) is 3.69. The second kappa shape index (κ2) is 8.41. The molecule has 1 fully saturated rings. The number of para-hydroxylation sites is 2. The van der Waals surface area contributed by atoms with Crippen molar-refractivity contribution < 1.29 is 19.0 Å². The van der Waals surface area contributed by atoms with Crippen molar-refractivity contribution in [3.05, 3.63) is 48.5 Å². The summed E-state index contributed by atoms with van der Waals surface area (Å²) in [7, 11) is 0. The van der Waals surface area contributed by atoms with Gasteiger partial charge in [-0.3, -0.25) is 4.90 Å². The van der Waals surface area contributed by atoms with E-state index < -0.39 is 0 Å². The van der Waals surface area contributed by atoms with Gasteiger partial charge < -0.3 is 19.0 Å². The lowest BCUT2D eigenvalue weighted by Crippen LogP contribution is -2.43. The molecule has 1 N–H and O–H groups in total. The second-order valence-electron chi connectivity index (χ2n) is 6.74. The van der Waals surface area contributed by atoms with Gasteiger partial charge in [0.25, 0.3) is 0 Å². The lowest BCUT2D eigenvalue weighted by molar-refractivity contribution is 0.0773. The molecule has 1 aliphatic rings. The number of likely N-dealkylation sites (tertiary alicyclic amines) is 1. The van der Waals surface area contributed by atoms with Gasteiger partial charge in [0.15, 0.2) is 5.58 Å². The molecule has 0 radical (unpaired) electrons. The minimum absolute atomic E-state index is 0.224. The molecule has 0 saturated carbocycles. The van der Waals surface area contributed by atoms with Gasteiger partial charge >= 0.3 is 6.08 Å². The SMILES string of the molecule is OCC1CCCCN1CCOc1ccc(Oc2nc3ccccc3o2)cc1. The van der Waals surface area contributed by atoms with Crippen LogP contribution in [-0.4, -0.2) is 47.3 Å². The van der Waals surface area contributed by atoms with Crippen LogP contribution >= 0.6 is 0 Å². The maximum absolute atomic E-state index is 9.47. The van der Waals surface area contributed by atoms with Crippen LogP contribution in [0.1, 0.15) is 19.3 Å². The van der Waals surface area contributed by atoms with Crippen molar-refractivity contribution in [2.75, 3.05) is 26.3 Å². The zero-order valence-electron chi connectivity index (χ0n) is 15.2. The van der Waals surface area contributed by atoms with Gasteiger partial charge in [0.2, 0.25) is 0 Å². The van der Waals surface area contributed by atoms with E-state index in [4.69, 9.17) is 13.9 Å². The third-order valence-electron chi connectivity index (χ3n) is 4.91. The first kappa shape index (κ1) is 17.8. The van der Waals surface area contributed by atoms with Crippen molar-refractivity contribution in [3.63, 3.8) is 0 Å². The zero-order valence-corrected chi connectivity index (χ0v) is 15.2. The average Bonchev–Trinajstić information content (AvgIpc) is 3.12. The van der Waals surface area contributed by atoms with Gasteiger partial charge in [-0.05, 0) is 55.8 Å². The summed E-state index contributed by atoms with van der Waals surface area (Å²) in [5.74, 6) is 1.43. The number of hydrogen-bond acceptors (Lipinski definition) is 6. The van der Waals surface area contributed by atoms with Crippen LogP contribution in [-0.2, 0) is 0 Å². The Kier molecular flexibility index (Phi) is 5.55. The molecule has 1 aliphatic heterocycles. The summed E-state index contributed by atoms with van der Waals surface area (Å²) < 4.78 is 17.1. The molecule has 6 heteroatoms. The number of benzene rings is 2. The maximum atomic E-state index is 9.47. The molecular formula is C21H24N2O4. The van der Waals surface area contributed by atoms with E-state index in [-0.39, 0.29) is 18.7 Å². The van der Waals surface area contributed by atoms with Crippen LogP contribution in [0.5, 0.6) is 17.6 Å². The standard InChI is InChI=1S/C21H24N2O4/c24-15-16-5-3-4-12-23(16)13-14-25-17-8-10-18(11-9-17)26-21-22-19-6-1-2-7-20(19)27-21/h1-2,6-11,16,24H,3-5,12-15H2. The zero-order chi connectivity index (χ0) is 18.5. The Balaban J connectivity index is 1.29. The van der Waals surface area contributed by atoms with Gasteiger partial charge in [-0.2, -0.15) is 4.98 Å². The van der Waals surface area contributed by atoms with Crippen LogP contribution in [0.3, 0.4) is 0 Å². The molecular weight excluding hydrogens is 344 g/mol. The molecule has 2 heterocycles. The molecule has 6 nitrogen and oxygen atoms in total. The van der Waals surface area contributed by atoms with Crippen LogP contribution < -0.4 is 9.47 Å². The quantitative estimate of drug-likeness (QED) is 0.683. The van der Waals surface area contributed by atoms with Crippen LogP contribution in [0.25, 0.3) is 11.1 Å². The molecule has 0 spiro atoms. The highest BCUT2D eigenvalue weighted by Gasteiger charge is 2.21. The van der Waals surface area contributed by atoms with Crippen molar-refractivity contribution in [1.29, 1.82) is 0 Å². The minimum atomic E-state index is 0.224. The molecule has 1 atom stereocenters. The maximum Gasteiger partial charge on any atom is 0.400 e. The number of oxazole rings is 1. The van der Waals surface area contributed by atoms with Gasteiger partial charge in [0.1, 0.15) is 23.6 Å². The predicted octanol–water partition coefficient (Wildman–Crippen LogP) is 3.85. The number of aromatic nitrogens is 1. The number of piperidine rings is 1. The van der Waals surface area contributed by atoms with E-state index in [0.717, 1.165) is 30.8 Å². The number of aliphatic hydroxyl groups is 1. The molecule has 1 saturated heterocycles. The Morgan fingerprint density at radius 3 is 2.70 bits per heavy atom. The summed E-state index contributed by atoms with van der Waals surface area (Å²) in [6.45, 7) is 2.68. The van der Waals surface area contributed by atoms with E-state index in [1.54, 1.807) is 0 Å². The van der Waals surface area contributed by atoms with E-state index in [1.165, 1.54) is 12.8 Å². The number of nitrogens with zero attached hydrogens (tertiary/aromatic N) is 2. The fraction of sp³-hybridized carbons (Fsp3) is 0.381. The highest BCUT2D eigenvalue weighted by atomic mass is 16.6. The third kappa shape index (κ3) is 4.40. The Morgan fingerprint density at radius 1 is 1.07 bits per heavy atom. The van der Waals surface area contributed by atoms with Crippen LogP contribution in [0.2, 0.25) is 0 Å². The Hall–Kier alpha value is -2.57. The topological polar surface area (TPSA) is 68.0 Å². The van der Waals surface area contributed by atoms with E-state index >= 15 is 0 Å². The number of rotatable bonds is 7. The number of fused-ring (bicyclic) bond motifs is 1. The second-order valence-corrected chi connectivity index (χ2v) is 6.74. The first-order valence-electron chi connectivity index (χ1n) is 9.43. The lowest BCUT2D eigenvalue weighted by Gasteiger charge is -2.34. The third-order valence-corrected chi connectivity index (χ3v) is 4.91. The van der Waals surface area contributed by atoms with Crippen LogP contribution in [0.15, 0.2) is 52.9 Å². The number of hydrogen-bond donors (Lipinski definition) is 1. The smallest absolute Gasteiger partial charge is 0.400 e. The highest BCUT2D eigenvalue weighted by Crippen LogP contribution is 2.26. The monoisotopic (exact) mass is 368 g/mol. The van der Waals surface area contributed by atoms with Crippen molar-refractivity contribution in [2.45, 2.75) is 25.3 Å². The van der Waals surface area contributed by atoms with Gasteiger partial charge in [0, 0.05) is 12.6 Å². The van der Waals surface area contributed by atoms with Gasteiger partial charge in [-0.15, -0.1) is 0 Å². The molecule has 0 amide bonds. The molecule has 142 valence electrons. The van der Waals surface area contributed by atoms with Crippen LogP contribution in [0.4, 0.5) is 0 Å². The molecule has 0 aliphatic carbocycles. The molecule has 3 aromatic rings. The van der Waals surface area contributed by atoms with E-state index in [1.807, 2.05) is 48.5 Å². The van der Waals surface area contributed by atoms with Gasteiger partial charge in [-0.25, -0.2) is 0 Å². The van der Waals surface area contributed by atoms with E-state index in [2.05, 4.69) is 9.88 Å². The molecule has 1 aromatic heterocycles. The summed E-state index contributed by atoms with van der Waals surface area (Å²) in [5, 5.41) is 9.47. The molecule has 2 aromatic carbocycles. The van der Waals surface area contributed by atoms with Crippen molar-refractivity contribution in [3.8, 4) is 17.6 Å². The number of ether oxygens (including phenoxy) is 2. The first-order chi connectivity index (χ1) is 13.3. The first-order valence-corrected chi connectivity index (χ1v) is 9.43. The Morgan fingerprint density at radius 2 is 1.89 bits per heavy atom. The Labute approximate surface area is 158 Å². The average molecular weight is 368 g/mol. The fourth-order valence-corrected chi connectivity index (χ4v) is 3.44. The van der Waals surface area contributed by atoms with E-state index in [0.29, 0.717) is 17.9 Å². The van der Waals surface area contributed by atoms with Crippen molar-refractivity contribution in [2.24, 2.45) is 0 Å². The highest BCUT2D eigenvalue weighted by molar-refractivity contribution is 5.72. The van der Waals surface area contributed by atoms with Crippen molar-refractivity contribution in [1.82, 2.24) is 9.88 Å². The summed E-state index contributed by atoms with van der Waals surface area (Å²) >= 11 is 0. The van der Waals surface area contributed by atoms with Gasteiger partial charge in [-0.1, -0.05) is 18.6 Å². The van der Waals surface area contributed by atoms with E-state index in [9.17, 15) is 5.11 Å². The normalized spacial score (nSPS) is 17.9. The predicted molar refractivity (Wildman–Crippen MR) is 102 cm³/mol. The molecule has 0 bridgehead atoms. The van der Waals surface area contributed by atoms with Crippen molar-refractivity contribution >= 4 is 11.1 Å². The fourth-order valence-electron chi connectivity index (χ4n) is 3.44. The number of aliphatic hydroxyl groups excluding tert-OH is 1. The molecule has 1 unspecified atom stereocenters. The summed E-state index contributed by atoms with van der Waals surface area (Å²) in [4.78, 5) is 6.61. The van der Waals surface area contributed by atoms with Crippen LogP contribution in [0, 0.1) is 0 Å². The Bertz CT molecular complexity index is 829. The molecule has 27 heavy (non-hydrogen) atoms. The lowest BCUT2D eigenvalue weighted by atomic mass is 10.0. The largest absolute Gasteiger partial charge is 0.492 e. The summed E-state index contributed by atoms with van der Waals surface area (Å²) in [6, 6.07) is 15.2. The molecule has 4 rings (SSSR count).